The van der Waals surface area contributed by atoms with Crippen molar-refractivity contribution in [2.75, 3.05) is 23.3 Å². The van der Waals surface area contributed by atoms with Crippen LogP contribution in [0, 0.1) is 5.82 Å². The van der Waals surface area contributed by atoms with Crippen molar-refractivity contribution in [3.8, 4) is 0 Å². The molecule has 0 radical (unpaired) electrons. The highest BCUT2D eigenvalue weighted by atomic mass is 19.1. The number of hydrogen-bond donors (Lipinski definition) is 2. The van der Waals surface area contributed by atoms with Crippen LogP contribution in [0.25, 0.3) is 11.2 Å². The van der Waals surface area contributed by atoms with Crippen LogP contribution < -0.4 is 10.2 Å². The number of H-pyrrole nitrogens is 1. The molecule has 0 bridgehead atoms. The summed E-state index contributed by atoms with van der Waals surface area (Å²) in [4.78, 5) is 21.6. The predicted molar refractivity (Wildman–Crippen MR) is 80.1 cm³/mol. The van der Waals surface area contributed by atoms with Crippen molar-refractivity contribution in [2.24, 2.45) is 0 Å². The first-order chi connectivity index (χ1) is 10.8. The molecule has 0 aliphatic carbocycles. The van der Waals surface area contributed by atoms with Crippen LogP contribution in [0.2, 0.25) is 0 Å². The summed E-state index contributed by atoms with van der Waals surface area (Å²) < 4.78 is 13.8. The Morgan fingerprint density at radius 1 is 1.27 bits per heavy atom. The molecule has 8 heteroatoms. The third-order valence-corrected chi connectivity index (χ3v) is 3.79. The van der Waals surface area contributed by atoms with Crippen LogP contribution in [-0.4, -0.2) is 44.1 Å². The van der Waals surface area contributed by atoms with Crippen molar-refractivity contribution in [3.05, 3.63) is 36.8 Å². The standard InChI is InChI=1S/C14H14FN7/c15-10-2-1-4-16-14(10)22-5-3-9(6-22)21-13-11-12(18-7-17-11)19-8-20-13/h1-2,4,7-9H,3,5-6H2,(H2,17,18,19,20,21). The van der Waals surface area contributed by atoms with Crippen molar-refractivity contribution in [1.29, 1.82) is 0 Å². The Labute approximate surface area is 125 Å². The molecule has 22 heavy (non-hydrogen) atoms. The van der Waals surface area contributed by atoms with Gasteiger partial charge in [-0.25, -0.2) is 24.3 Å². The second kappa shape index (κ2) is 5.21. The summed E-state index contributed by atoms with van der Waals surface area (Å²) in [6.45, 7) is 1.43. The highest BCUT2D eigenvalue weighted by Gasteiger charge is 2.26. The van der Waals surface area contributed by atoms with Gasteiger partial charge in [-0.05, 0) is 18.6 Å². The molecular formula is C14H14FN7. The van der Waals surface area contributed by atoms with Crippen molar-refractivity contribution in [3.63, 3.8) is 0 Å². The molecule has 1 fully saturated rings. The first kappa shape index (κ1) is 12.9. The van der Waals surface area contributed by atoms with Crippen LogP contribution in [0.1, 0.15) is 6.42 Å². The van der Waals surface area contributed by atoms with Gasteiger partial charge in [0.25, 0.3) is 0 Å². The second-order valence-electron chi connectivity index (χ2n) is 5.21. The van der Waals surface area contributed by atoms with Gasteiger partial charge in [0.1, 0.15) is 11.8 Å². The molecule has 0 aromatic carbocycles. The summed E-state index contributed by atoms with van der Waals surface area (Å²) >= 11 is 0. The minimum Gasteiger partial charge on any atom is -0.364 e. The van der Waals surface area contributed by atoms with E-state index < -0.39 is 0 Å². The molecule has 0 saturated carbocycles. The van der Waals surface area contributed by atoms with Gasteiger partial charge < -0.3 is 15.2 Å². The van der Waals surface area contributed by atoms with E-state index >= 15 is 0 Å². The lowest BCUT2D eigenvalue weighted by atomic mass is 10.2. The molecule has 1 saturated heterocycles. The van der Waals surface area contributed by atoms with E-state index in [0.29, 0.717) is 18.0 Å². The predicted octanol–water partition coefficient (Wildman–Crippen LogP) is 1.58. The Morgan fingerprint density at radius 3 is 3.14 bits per heavy atom. The second-order valence-corrected chi connectivity index (χ2v) is 5.21. The monoisotopic (exact) mass is 299 g/mol. The molecule has 1 aliphatic rings. The summed E-state index contributed by atoms with van der Waals surface area (Å²) in [5.41, 5.74) is 1.41. The molecule has 4 rings (SSSR count). The maximum absolute atomic E-state index is 13.8. The van der Waals surface area contributed by atoms with Crippen molar-refractivity contribution in [2.45, 2.75) is 12.5 Å². The fourth-order valence-electron chi connectivity index (χ4n) is 2.75. The third kappa shape index (κ3) is 2.22. The van der Waals surface area contributed by atoms with E-state index in [-0.39, 0.29) is 11.9 Å². The fraction of sp³-hybridized carbons (Fsp3) is 0.286. The maximum atomic E-state index is 13.8. The van der Waals surface area contributed by atoms with Gasteiger partial charge in [-0.3, -0.25) is 0 Å². The molecule has 3 aromatic rings. The summed E-state index contributed by atoms with van der Waals surface area (Å²) in [5.74, 6) is 0.832. The molecule has 7 nitrogen and oxygen atoms in total. The van der Waals surface area contributed by atoms with Crippen molar-refractivity contribution < 1.29 is 4.39 Å². The number of rotatable bonds is 3. The Balaban J connectivity index is 1.52. The van der Waals surface area contributed by atoms with Gasteiger partial charge in [-0.2, -0.15) is 0 Å². The highest BCUT2D eigenvalue weighted by molar-refractivity contribution is 5.82. The highest BCUT2D eigenvalue weighted by Crippen LogP contribution is 2.23. The lowest BCUT2D eigenvalue weighted by Gasteiger charge is -2.18. The number of aromatic amines is 1. The molecule has 112 valence electrons. The summed E-state index contributed by atoms with van der Waals surface area (Å²) in [7, 11) is 0. The summed E-state index contributed by atoms with van der Waals surface area (Å²) in [6, 6.07) is 3.20. The smallest absolute Gasteiger partial charge is 0.182 e. The lowest BCUT2D eigenvalue weighted by Crippen LogP contribution is -2.27. The number of nitrogens with one attached hydrogen (secondary N) is 2. The summed E-state index contributed by atoms with van der Waals surface area (Å²) in [6.07, 6.45) is 5.57. The largest absolute Gasteiger partial charge is 0.364 e. The average Bonchev–Trinajstić information content (AvgIpc) is 3.17. The number of nitrogens with zero attached hydrogens (tertiary/aromatic N) is 5. The fourth-order valence-corrected chi connectivity index (χ4v) is 2.75. The van der Waals surface area contributed by atoms with E-state index in [1.807, 2.05) is 4.90 Å². The zero-order chi connectivity index (χ0) is 14.9. The molecule has 1 atom stereocenters. The van der Waals surface area contributed by atoms with E-state index in [2.05, 4.69) is 30.2 Å². The molecule has 1 aliphatic heterocycles. The van der Waals surface area contributed by atoms with Gasteiger partial charge in [0, 0.05) is 25.3 Å². The van der Waals surface area contributed by atoms with Gasteiger partial charge in [-0.15, -0.1) is 0 Å². The molecule has 0 amide bonds. The van der Waals surface area contributed by atoms with E-state index in [1.165, 1.54) is 12.4 Å². The van der Waals surface area contributed by atoms with Gasteiger partial charge in [0.05, 0.1) is 6.33 Å². The first-order valence-corrected chi connectivity index (χ1v) is 7.07. The van der Waals surface area contributed by atoms with Gasteiger partial charge in [-0.1, -0.05) is 0 Å². The van der Waals surface area contributed by atoms with Crippen molar-refractivity contribution >= 4 is 22.8 Å². The zero-order valence-corrected chi connectivity index (χ0v) is 11.7. The SMILES string of the molecule is Fc1cccnc1N1CCC(Nc2ncnc3nc[nH]c23)C1. The molecule has 4 heterocycles. The number of anilines is 2. The molecule has 3 aromatic heterocycles. The third-order valence-electron chi connectivity index (χ3n) is 3.79. The first-order valence-electron chi connectivity index (χ1n) is 7.07. The lowest BCUT2D eigenvalue weighted by molar-refractivity contribution is 0.615. The molecule has 0 spiro atoms. The van der Waals surface area contributed by atoms with Crippen LogP contribution in [0.5, 0.6) is 0 Å². The van der Waals surface area contributed by atoms with Crippen LogP contribution in [0.4, 0.5) is 16.0 Å². The van der Waals surface area contributed by atoms with E-state index in [0.717, 1.165) is 24.3 Å². The van der Waals surface area contributed by atoms with Crippen LogP contribution in [-0.2, 0) is 0 Å². The van der Waals surface area contributed by atoms with E-state index in [4.69, 9.17) is 0 Å². The number of pyridine rings is 1. The number of aromatic nitrogens is 5. The van der Waals surface area contributed by atoms with Crippen LogP contribution >= 0.6 is 0 Å². The Hall–Kier alpha value is -2.77. The van der Waals surface area contributed by atoms with E-state index in [9.17, 15) is 4.39 Å². The normalized spacial score (nSPS) is 18.0. The number of halogens is 1. The Kier molecular flexibility index (Phi) is 3.06. The Bertz CT molecular complexity index is 802. The number of fused-ring (bicyclic) bond motifs is 1. The van der Waals surface area contributed by atoms with Crippen LogP contribution in [0.3, 0.4) is 0 Å². The van der Waals surface area contributed by atoms with Crippen LogP contribution in [0.15, 0.2) is 31.0 Å². The number of imidazole rings is 1. The number of hydrogen-bond acceptors (Lipinski definition) is 6. The van der Waals surface area contributed by atoms with Gasteiger partial charge >= 0.3 is 0 Å². The van der Waals surface area contributed by atoms with Crippen molar-refractivity contribution in [1.82, 2.24) is 24.9 Å². The minimum atomic E-state index is -0.291. The Morgan fingerprint density at radius 2 is 2.23 bits per heavy atom. The zero-order valence-electron chi connectivity index (χ0n) is 11.7. The molecule has 2 N–H and O–H groups in total. The average molecular weight is 299 g/mol. The molecule has 1 unspecified atom stereocenters. The maximum Gasteiger partial charge on any atom is 0.182 e. The topological polar surface area (TPSA) is 82.6 Å². The van der Waals surface area contributed by atoms with E-state index in [1.54, 1.807) is 18.6 Å². The van der Waals surface area contributed by atoms with Gasteiger partial charge in [0.2, 0.25) is 0 Å². The van der Waals surface area contributed by atoms with Gasteiger partial charge in [0.15, 0.2) is 23.1 Å². The minimum absolute atomic E-state index is 0.169. The summed E-state index contributed by atoms with van der Waals surface area (Å²) in [5, 5.41) is 3.37. The quantitative estimate of drug-likeness (QED) is 0.764. The molecular weight excluding hydrogens is 285 g/mol.